The lowest BCUT2D eigenvalue weighted by Gasteiger charge is -2.30. The fourth-order valence-corrected chi connectivity index (χ4v) is 2.30. The van der Waals surface area contributed by atoms with Crippen molar-refractivity contribution in [3.05, 3.63) is 35.9 Å². The van der Waals surface area contributed by atoms with Gasteiger partial charge in [0.25, 0.3) is 0 Å². The summed E-state index contributed by atoms with van der Waals surface area (Å²) in [4.78, 5) is 18.7. The van der Waals surface area contributed by atoms with Gasteiger partial charge in [-0.3, -0.25) is 4.79 Å². The van der Waals surface area contributed by atoms with Crippen molar-refractivity contribution in [3.8, 4) is 0 Å². The summed E-state index contributed by atoms with van der Waals surface area (Å²) in [6.45, 7) is 1.52. The van der Waals surface area contributed by atoms with E-state index >= 15 is 0 Å². The van der Waals surface area contributed by atoms with Gasteiger partial charge in [-0.05, 0) is 24.8 Å². The first-order valence-corrected chi connectivity index (χ1v) is 6.47. The molecule has 0 spiro atoms. The second-order valence-corrected chi connectivity index (χ2v) is 4.70. The van der Waals surface area contributed by atoms with Gasteiger partial charge in [-0.2, -0.15) is 0 Å². The number of carbonyl (C=O) groups is 1. The Labute approximate surface area is 108 Å². The van der Waals surface area contributed by atoms with Crippen LogP contribution in [0.5, 0.6) is 0 Å². The van der Waals surface area contributed by atoms with Crippen LogP contribution in [-0.4, -0.2) is 30.0 Å². The number of nitrogens with two attached hydrogens (primary N) is 1. The highest BCUT2D eigenvalue weighted by molar-refractivity contribution is 5.76. The van der Waals surface area contributed by atoms with Gasteiger partial charge in [0.15, 0.2) is 0 Å². The molecule has 98 valence electrons. The normalized spacial score (nSPS) is 16.8. The van der Waals surface area contributed by atoms with Crippen molar-refractivity contribution in [2.24, 2.45) is 5.90 Å². The zero-order valence-electron chi connectivity index (χ0n) is 10.5. The van der Waals surface area contributed by atoms with Crippen LogP contribution in [-0.2, 0) is 16.1 Å². The summed E-state index contributed by atoms with van der Waals surface area (Å²) in [6.07, 6.45) is 3.19. The number of rotatable bonds is 4. The molecule has 1 saturated heterocycles. The van der Waals surface area contributed by atoms with Crippen LogP contribution in [0.25, 0.3) is 0 Å². The SMILES string of the molecule is NOC1CCN(C(=O)CCc2ccccc2)CC1. The molecule has 4 nitrogen and oxygen atoms in total. The van der Waals surface area contributed by atoms with Gasteiger partial charge in [-0.15, -0.1) is 0 Å². The smallest absolute Gasteiger partial charge is 0.222 e. The van der Waals surface area contributed by atoms with E-state index in [-0.39, 0.29) is 12.0 Å². The predicted molar refractivity (Wildman–Crippen MR) is 69.6 cm³/mol. The van der Waals surface area contributed by atoms with E-state index in [1.807, 2.05) is 23.1 Å². The van der Waals surface area contributed by atoms with Crippen molar-refractivity contribution in [1.29, 1.82) is 0 Å². The van der Waals surface area contributed by atoms with Gasteiger partial charge >= 0.3 is 0 Å². The molecule has 1 aromatic rings. The number of amides is 1. The number of likely N-dealkylation sites (tertiary alicyclic amines) is 1. The molecule has 0 radical (unpaired) electrons. The van der Waals surface area contributed by atoms with E-state index in [1.54, 1.807) is 0 Å². The lowest BCUT2D eigenvalue weighted by molar-refractivity contribution is -0.133. The first kappa shape index (κ1) is 13.1. The molecule has 4 heteroatoms. The van der Waals surface area contributed by atoms with Crippen LogP contribution < -0.4 is 5.90 Å². The van der Waals surface area contributed by atoms with Crippen LogP contribution in [0.3, 0.4) is 0 Å². The summed E-state index contributed by atoms with van der Waals surface area (Å²) in [6, 6.07) is 10.1. The van der Waals surface area contributed by atoms with Gasteiger partial charge in [0.05, 0.1) is 6.10 Å². The molecular formula is C14H20N2O2. The Hall–Kier alpha value is -1.39. The molecule has 2 N–H and O–H groups in total. The minimum absolute atomic E-state index is 0.114. The van der Waals surface area contributed by atoms with Crippen molar-refractivity contribution in [2.75, 3.05) is 13.1 Å². The highest BCUT2D eigenvalue weighted by Crippen LogP contribution is 2.14. The Kier molecular flexibility index (Phi) is 4.73. The van der Waals surface area contributed by atoms with Gasteiger partial charge in [-0.1, -0.05) is 30.3 Å². The molecule has 1 amide bonds. The molecule has 0 unspecified atom stereocenters. The predicted octanol–water partition coefficient (Wildman–Crippen LogP) is 1.50. The van der Waals surface area contributed by atoms with Crippen molar-refractivity contribution < 1.29 is 9.63 Å². The molecule has 1 aromatic carbocycles. The highest BCUT2D eigenvalue weighted by atomic mass is 16.6. The monoisotopic (exact) mass is 248 g/mol. The van der Waals surface area contributed by atoms with Crippen LogP contribution in [0.4, 0.5) is 0 Å². The molecule has 1 aliphatic rings. The Morgan fingerprint density at radius 1 is 1.28 bits per heavy atom. The molecule has 2 rings (SSSR count). The van der Waals surface area contributed by atoms with Crippen molar-refractivity contribution in [1.82, 2.24) is 4.90 Å². The maximum absolute atomic E-state index is 12.0. The van der Waals surface area contributed by atoms with Crippen molar-refractivity contribution in [2.45, 2.75) is 31.8 Å². The van der Waals surface area contributed by atoms with Gasteiger partial charge in [0, 0.05) is 19.5 Å². The minimum Gasteiger partial charge on any atom is -0.342 e. The van der Waals surface area contributed by atoms with Crippen LogP contribution in [0.15, 0.2) is 30.3 Å². The van der Waals surface area contributed by atoms with Gasteiger partial charge in [0.1, 0.15) is 0 Å². The van der Waals surface area contributed by atoms with E-state index < -0.39 is 0 Å². The topological polar surface area (TPSA) is 55.6 Å². The Balaban J connectivity index is 1.75. The first-order chi connectivity index (χ1) is 8.79. The molecule has 0 saturated carbocycles. The van der Waals surface area contributed by atoms with Crippen molar-refractivity contribution >= 4 is 5.91 Å². The zero-order chi connectivity index (χ0) is 12.8. The second kappa shape index (κ2) is 6.52. The lowest BCUT2D eigenvalue weighted by atomic mass is 10.1. The minimum atomic E-state index is 0.114. The molecule has 0 atom stereocenters. The molecule has 0 aliphatic carbocycles. The number of nitrogens with zero attached hydrogens (tertiary/aromatic N) is 1. The molecular weight excluding hydrogens is 228 g/mol. The maximum atomic E-state index is 12.0. The molecule has 1 fully saturated rings. The second-order valence-electron chi connectivity index (χ2n) is 4.70. The summed E-state index contributed by atoms with van der Waals surface area (Å²) in [5, 5.41) is 0. The van der Waals surface area contributed by atoms with Crippen LogP contribution in [0.2, 0.25) is 0 Å². The number of benzene rings is 1. The summed E-state index contributed by atoms with van der Waals surface area (Å²) in [5.41, 5.74) is 1.21. The fraction of sp³-hybridized carbons (Fsp3) is 0.500. The van der Waals surface area contributed by atoms with E-state index in [9.17, 15) is 4.79 Å². The number of aryl methyl sites for hydroxylation is 1. The van der Waals surface area contributed by atoms with Crippen LogP contribution in [0.1, 0.15) is 24.8 Å². The number of hydrogen-bond donors (Lipinski definition) is 1. The molecule has 1 heterocycles. The van der Waals surface area contributed by atoms with E-state index in [1.165, 1.54) is 5.56 Å². The quantitative estimate of drug-likeness (QED) is 0.822. The first-order valence-electron chi connectivity index (χ1n) is 6.47. The van der Waals surface area contributed by atoms with E-state index in [0.29, 0.717) is 6.42 Å². The molecule has 0 bridgehead atoms. The van der Waals surface area contributed by atoms with E-state index in [2.05, 4.69) is 12.1 Å². The number of hydrogen-bond acceptors (Lipinski definition) is 3. The Bertz CT molecular complexity index is 373. The zero-order valence-corrected chi connectivity index (χ0v) is 10.5. The van der Waals surface area contributed by atoms with Crippen molar-refractivity contribution in [3.63, 3.8) is 0 Å². The largest absolute Gasteiger partial charge is 0.342 e. The van der Waals surface area contributed by atoms with Crippen LogP contribution >= 0.6 is 0 Å². The Morgan fingerprint density at radius 2 is 1.94 bits per heavy atom. The van der Waals surface area contributed by atoms with Crippen LogP contribution in [0, 0.1) is 0 Å². The van der Waals surface area contributed by atoms with Gasteiger partial charge in [-0.25, -0.2) is 5.90 Å². The Morgan fingerprint density at radius 3 is 2.56 bits per heavy atom. The van der Waals surface area contributed by atoms with Gasteiger partial charge < -0.3 is 9.74 Å². The summed E-state index contributed by atoms with van der Waals surface area (Å²) in [5.74, 6) is 5.39. The third-order valence-electron chi connectivity index (χ3n) is 3.46. The molecule has 0 aromatic heterocycles. The summed E-state index contributed by atoms with van der Waals surface area (Å²) in [7, 11) is 0. The average Bonchev–Trinajstić information content (AvgIpc) is 2.46. The van der Waals surface area contributed by atoms with Gasteiger partial charge in [0.2, 0.25) is 5.91 Å². The fourth-order valence-electron chi connectivity index (χ4n) is 2.30. The number of carbonyl (C=O) groups excluding carboxylic acids is 1. The third-order valence-corrected chi connectivity index (χ3v) is 3.46. The third kappa shape index (κ3) is 3.55. The molecule has 1 aliphatic heterocycles. The standard InChI is InChI=1S/C14H20N2O2/c15-18-13-8-10-16(11-9-13)14(17)7-6-12-4-2-1-3-5-12/h1-5,13H,6-11,15H2. The highest BCUT2D eigenvalue weighted by Gasteiger charge is 2.22. The summed E-state index contributed by atoms with van der Waals surface area (Å²) >= 11 is 0. The lowest BCUT2D eigenvalue weighted by Crippen LogP contribution is -2.41. The summed E-state index contributed by atoms with van der Waals surface area (Å²) < 4.78 is 0. The molecule has 18 heavy (non-hydrogen) atoms. The van der Waals surface area contributed by atoms with E-state index in [0.717, 1.165) is 32.4 Å². The maximum Gasteiger partial charge on any atom is 0.222 e. The number of piperidine rings is 1. The van der Waals surface area contributed by atoms with E-state index in [4.69, 9.17) is 10.7 Å². The average molecular weight is 248 g/mol.